The van der Waals surface area contributed by atoms with E-state index in [1.807, 2.05) is 36.7 Å². The number of piperidine rings is 1. The van der Waals surface area contributed by atoms with Gasteiger partial charge in [-0.25, -0.2) is 4.98 Å². The Bertz CT molecular complexity index is 1120. The third-order valence-corrected chi connectivity index (χ3v) is 7.57. The fourth-order valence-electron chi connectivity index (χ4n) is 4.77. The highest BCUT2D eigenvalue weighted by molar-refractivity contribution is 9.09. The molecular weight excluding hydrogens is 492 g/mol. The number of halogens is 1. The zero-order chi connectivity index (χ0) is 23.3. The van der Waals surface area contributed by atoms with Crippen molar-refractivity contribution in [1.82, 2.24) is 19.9 Å². The number of anilines is 3. The number of hydrogen-bond donors (Lipinski definition) is 1. The van der Waals surface area contributed by atoms with Crippen molar-refractivity contribution in [3.05, 3.63) is 60.4 Å². The molecule has 5 rings (SSSR count). The lowest BCUT2D eigenvalue weighted by atomic mass is 10.0. The molecule has 1 atom stereocenters. The van der Waals surface area contributed by atoms with Crippen molar-refractivity contribution in [2.75, 3.05) is 29.9 Å². The second-order valence-corrected chi connectivity index (χ2v) is 9.91. The van der Waals surface area contributed by atoms with E-state index in [1.54, 1.807) is 0 Å². The highest BCUT2D eigenvalue weighted by Gasteiger charge is 2.25. The van der Waals surface area contributed by atoms with Crippen LogP contribution < -0.4 is 10.2 Å². The maximum Gasteiger partial charge on any atom is 0.224 e. The monoisotopic (exact) mass is 520 g/mol. The summed E-state index contributed by atoms with van der Waals surface area (Å²) >= 11 is 3.61. The van der Waals surface area contributed by atoms with Crippen LogP contribution in [-0.2, 0) is 11.2 Å². The first-order valence-corrected chi connectivity index (χ1v) is 12.9. The number of aryl methyl sites for hydroxylation is 1. The predicted molar refractivity (Wildman–Crippen MR) is 139 cm³/mol. The molecule has 2 aromatic heterocycles. The van der Waals surface area contributed by atoms with E-state index in [0.29, 0.717) is 18.4 Å². The first kappa shape index (κ1) is 22.9. The molecule has 1 saturated heterocycles. The van der Waals surface area contributed by atoms with Gasteiger partial charge in [-0.1, -0.05) is 46.3 Å². The molecule has 2 aliphatic heterocycles. The van der Waals surface area contributed by atoms with Crippen LogP contribution in [0.15, 0.2) is 54.9 Å². The van der Waals surface area contributed by atoms with Gasteiger partial charge in [0.1, 0.15) is 12.1 Å². The van der Waals surface area contributed by atoms with Gasteiger partial charge in [0.25, 0.3) is 0 Å². The van der Waals surface area contributed by atoms with Gasteiger partial charge < -0.3 is 15.0 Å². The van der Waals surface area contributed by atoms with E-state index in [2.05, 4.69) is 54.2 Å². The van der Waals surface area contributed by atoms with Crippen LogP contribution in [0.3, 0.4) is 0 Å². The topological polar surface area (TPSA) is 74.2 Å². The van der Waals surface area contributed by atoms with Crippen LogP contribution in [0.4, 0.5) is 17.5 Å². The highest BCUT2D eigenvalue weighted by Crippen LogP contribution is 2.35. The van der Waals surface area contributed by atoms with E-state index >= 15 is 0 Å². The lowest BCUT2D eigenvalue weighted by Gasteiger charge is -2.35. The molecule has 0 aliphatic carbocycles. The molecule has 8 heteroatoms. The number of aldehydes is 1. The van der Waals surface area contributed by atoms with Gasteiger partial charge >= 0.3 is 0 Å². The Morgan fingerprint density at radius 1 is 1.12 bits per heavy atom. The van der Waals surface area contributed by atoms with Crippen molar-refractivity contribution in [3.8, 4) is 11.3 Å². The summed E-state index contributed by atoms with van der Waals surface area (Å²) in [5.74, 6) is 1.58. The zero-order valence-electron chi connectivity index (χ0n) is 19.1. The molecule has 1 aromatic carbocycles. The van der Waals surface area contributed by atoms with Crippen molar-refractivity contribution in [2.24, 2.45) is 0 Å². The fourth-order valence-corrected chi connectivity index (χ4v) is 5.34. The molecule has 176 valence electrons. The minimum absolute atomic E-state index is 0.125. The number of benzene rings is 1. The molecule has 0 radical (unpaired) electrons. The lowest BCUT2D eigenvalue weighted by molar-refractivity contribution is -0.108. The van der Waals surface area contributed by atoms with Crippen molar-refractivity contribution < 1.29 is 4.79 Å². The van der Waals surface area contributed by atoms with Crippen LogP contribution in [-0.4, -0.2) is 56.8 Å². The molecule has 1 unspecified atom stereocenters. The maximum atomic E-state index is 10.8. The quantitative estimate of drug-likeness (QED) is 0.272. The Kier molecular flexibility index (Phi) is 7.16. The third-order valence-electron chi connectivity index (χ3n) is 6.62. The number of pyridine rings is 1. The Morgan fingerprint density at radius 2 is 1.94 bits per heavy atom. The Balaban J connectivity index is 1.31. The number of nitrogens with zero attached hydrogens (tertiary/aromatic N) is 5. The van der Waals surface area contributed by atoms with Crippen LogP contribution in [0.5, 0.6) is 0 Å². The second-order valence-electron chi connectivity index (χ2n) is 8.85. The molecule has 2 aliphatic rings. The molecule has 34 heavy (non-hydrogen) atoms. The smallest absolute Gasteiger partial charge is 0.224 e. The number of aromatic nitrogens is 3. The minimum Gasteiger partial charge on any atom is -0.351 e. The van der Waals surface area contributed by atoms with Gasteiger partial charge in [-0.05, 0) is 43.4 Å². The summed E-state index contributed by atoms with van der Waals surface area (Å²) in [5.41, 5.74) is 4.53. The van der Waals surface area contributed by atoms with E-state index in [1.165, 1.54) is 11.3 Å². The standard InChI is InChI=1S/C26H29BrN6O/c27-24(11-16-34)32-14-9-21(10-15-32)30-26-28-12-8-25(31-26)33-13-4-7-20-18-29-22(17-23(20)33)19-5-2-1-3-6-19/h1-3,5-6,8,12,16-18,21,24H,4,7,9-11,13-15H2,(H,28,30,31). The first-order valence-electron chi connectivity index (χ1n) is 11.9. The van der Waals surface area contributed by atoms with Gasteiger partial charge in [0.05, 0.1) is 10.6 Å². The van der Waals surface area contributed by atoms with E-state index in [4.69, 9.17) is 9.97 Å². The number of alkyl halides is 1. The molecule has 1 N–H and O–H groups in total. The second kappa shape index (κ2) is 10.6. The lowest BCUT2D eigenvalue weighted by Crippen LogP contribution is -2.42. The molecule has 7 nitrogen and oxygen atoms in total. The number of rotatable bonds is 7. The molecule has 0 bridgehead atoms. The number of carbonyl (C=O) groups excluding carboxylic acids is 1. The average molecular weight is 521 g/mol. The third kappa shape index (κ3) is 5.13. The van der Waals surface area contributed by atoms with Gasteiger partial charge in [0.15, 0.2) is 0 Å². The van der Waals surface area contributed by atoms with Crippen LogP contribution in [0.25, 0.3) is 11.3 Å². The summed E-state index contributed by atoms with van der Waals surface area (Å²) in [7, 11) is 0. The number of likely N-dealkylation sites (tertiary alicyclic amines) is 1. The Morgan fingerprint density at radius 3 is 2.74 bits per heavy atom. The molecule has 4 heterocycles. The highest BCUT2D eigenvalue weighted by atomic mass is 79.9. The zero-order valence-corrected chi connectivity index (χ0v) is 20.7. The number of fused-ring (bicyclic) bond motifs is 1. The molecule has 0 amide bonds. The van der Waals surface area contributed by atoms with Gasteiger partial charge in [0.2, 0.25) is 5.95 Å². The summed E-state index contributed by atoms with van der Waals surface area (Å²) in [5, 5.41) is 3.54. The Labute approximate surface area is 208 Å². The van der Waals surface area contributed by atoms with Crippen molar-refractivity contribution >= 4 is 39.7 Å². The van der Waals surface area contributed by atoms with Crippen LogP contribution >= 0.6 is 15.9 Å². The van der Waals surface area contributed by atoms with Gasteiger partial charge in [-0.3, -0.25) is 9.88 Å². The van der Waals surface area contributed by atoms with E-state index in [0.717, 1.165) is 68.7 Å². The Hall–Kier alpha value is -2.84. The van der Waals surface area contributed by atoms with Gasteiger partial charge in [-0.2, -0.15) is 4.98 Å². The number of hydrogen-bond acceptors (Lipinski definition) is 7. The molecule has 1 fully saturated rings. The largest absolute Gasteiger partial charge is 0.351 e. The maximum absolute atomic E-state index is 10.8. The van der Waals surface area contributed by atoms with Crippen LogP contribution in [0.1, 0.15) is 31.2 Å². The SMILES string of the molecule is O=CCC(Br)N1CCC(Nc2nccc(N3CCCc4cnc(-c5ccccc5)cc43)n2)CC1. The predicted octanol–water partition coefficient (Wildman–Crippen LogP) is 4.81. The normalized spacial score (nSPS) is 17.7. The number of nitrogens with one attached hydrogen (secondary N) is 1. The van der Waals surface area contributed by atoms with Gasteiger partial charge in [-0.15, -0.1) is 0 Å². The minimum atomic E-state index is 0.125. The van der Waals surface area contributed by atoms with E-state index in [9.17, 15) is 4.79 Å². The fraction of sp³-hybridized carbons (Fsp3) is 0.385. The molecular formula is C26H29BrN6O. The summed E-state index contributed by atoms with van der Waals surface area (Å²) in [6.45, 7) is 2.80. The summed E-state index contributed by atoms with van der Waals surface area (Å²) in [4.78, 5) is 29.6. The van der Waals surface area contributed by atoms with E-state index < -0.39 is 0 Å². The summed E-state index contributed by atoms with van der Waals surface area (Å²) in [6.07, 6.45) is 9.43. The van der Waals surface area contributed by atoms with Crippen molar-refractivity contribution in [3.63, 3.8) is 0 Å². The summed E-state index contributed by atoms with van der Waals surface area (Å²) in [6, 6.07) is 14.8. The molecule has 0 spiro atoms. The molecule has 0 saturated carbocycles. The van der Waals surface area contributed by atoms with Crippen molar-refractivity contribution in [2.45, 2.75) is 43.1 Å². The first-order chi connectivity index (χ1) is 16.7. The summed E-state index contributed by atoms with van der Waals surface area (Å²) < 4.78 is 0. The van der Waals surface area contributed by atoms with E-state index in [-0.39, 0.29) is 4.95 Å². The van der Waals surface area contributed by atoms with Crippen molar-refractivity contribution in [1.29, 1.82) is 0 Å². The van der Waals surface area contributed by atoms with Crippen LogP contribution in [0.2, 0.25) is 0 Å². The van der Waals surface area contributed by atoms with Gasteiger partial charge in [0, 0.05) is 55.7 Å². The molecule has 3 aromatic rings. The average Bonchev–Trinajstić information content (AvgIpc) is 2.89. The van der Waals surface area contributed by atoms with Crippen LogP contribution in [0, 0.1) is 0 Å². The number of carbonyl (C=O) groups is 1.